The Morgan fingerprint density at radius 3 is 2.59 bits per heavy atom. The fraction of sp³-hybridized carbons (Fsp3) is 0.286. The third-order valence-electron chi connectivity index (χ3n) is 6.56. The molecule has 0 spiro atoms. The van der Waals surface area contributed by atoms with Gasteiger partial charge >= 0.3 is 0 Å². The summed E-state index contributed by atoms with van der Waals surface area (Å²) in [7, 11) is 0. The number of anilines is 1. The Kier molecular flexibility index (Phi) is 6.07. The number of carbonyl (C=O) groups is 1. The van der Waals surface area contributed by atoms with Crippen LogP contribution < -0.4 is 9.64 Å². The zero-order valence-corrected chi connectivity index (χ0v) is 19.5. The SMILES string of the molecule is Cc1ccc(OCC(O)Cn2c(C3CC(=O)N(c4ccccc4)C3)nc3ccccc32)cc1C. The maximum atomic E-state index is 12.8. The summed E-state index contributed by atoms with van der Waals surface area (Å²) in [5, 5.41) is 10.9. The van der Waals surface area contributed by atoms with Crippen molar-refractivity contribution in [2.45, 2.75) is 38.8 Å². The second kappa shape index (κ2) is 9.31. The Balaban J connectivity index is 1.37. The van der Waals surface area contributed by atoms with E-state index in [4.69, 9.17) is 9.72 Å². The van der Waals surface area contributed by atoms with Crippen LogP contribution in [0, 0.1) is 13.8 Å². The molecule has 1 N–H and O–H groups in total. The summed E-state index contributed by atoms with van der Waals surface area (Å²) < 4.78 is 7.93. The summed E-state index contributed by atoms with van der Waals surface area (Å²) in [6, 6.07) is 23.6. The van der Waals surface area contributed by atoms with Crippen LogP contribution in [-0.2, 0) is 11.3 Å². The highest BCUT2D eigenvalue weighted by Gasteiger charge is 2.35. The van der Waals surface area contributed by atoms with E-state index in [1.54, 1.807) is 0 Å². The van der Waals surface area contributed by atoms with Gasteiger partial charge in [-0.25, -0.2) is 4.98 Å². The standard InChI is InChI=1S/C28H29N3O3/c1-19-12-13-24(14-20(19)2)34-18-23(32)17-31-26-11-7-6-10-25(26)29-28(31)21-15-27(33)30(16-21)22-8-4-3-5-9-22/h3-14,21,23,32H,15-18H2,1-2H3. The smallest absolute Gasteiger partial charge is 0.227 e. The van der Waals surface area contributed by atoms with Crippen LogP contribution in [0.2, 0.25) is 0 Å². The first-order valence-electron chi connectivity index (χ1n) is 11.7. The Hall–Kier alpha value is -3.64. The second-order valence-corrected chi connectivity index (χ2v) is 9.02. The quantitative estimate of drug-likeness (QED) is 0.442. The Morgan fingerprint density at radius 1 is 1.03 bits per heavy atom. The summed E-state index contributed by atoms with van der Waals surface area (Å²) in [6.45, 7) is 5.20. The van der Waals surface area contributed by atoms with E-state index in [0.717, 1.165) is 33.9 Å². The molecule has 6 nitrogen and oxygen atoms in total. The van der Waals surface area contributed by atoms with Gasteiger partial charge in [0.15, 0.2) is 0 Å². The lowest BCUT2D eigenvalue weighted by atomic mass is 10.1. The fourth-order valence-corrected chi connectivity index (χ4v) is 4.60. The van der Waals surface area contributed by atoms with Gasteiger partial charge in [-0.1, -0.05) is 36.4 Å². The molecule has 1 amide bonds. The molecule has 0 bridgehead atoms. The molecule has 0 aliphatic carbocycles. The molecule has 6 heteroatoms. The van der Waals surface area contributed by atoms with Gasteiger partial charge in [0, 0.05) is 24.6 Å². The van der Waals surface area contributed by atoms with Crippen molar-refractivity contribution in [2.24, 2.45) is 0 Å². The molecular weight excluding hydrogens is 426 g/mol. The molecule has 0 saturated carbocycles. The van der Waals surface area contributed by atoms with E-state index in [1.807, 2.05) is 84.6 Å². The lowest BCUT2D eigenvalue weighted by Crippen LogP contribution is -2.26. The molecule has 3 aromatic carbocycles. The van der Waals surface area contributed by atoms with Gasteiger partial charge in [-0.15, -0.1) is 0 Å². The monoisotopic (exact) mass is 455 g/mol. The highest BCUT2D eigenvalue weighted by atomic mass is 16.5. The average Bonchev–Trinajstić information content (AvgIpc) is 3.41. The number of carbonyl (C=O) groups excluding carboxylic acids is 1. The van der Waals surface area contributed by atoms with Gasteiger partial charge in [0.1, 0.15) is 24.3 Å². The molecule has 2 unspecified atom stereocenters. The lowest BCUT2D eigenvalue weighted by molar-refractivity contribution is -0.117. The van der Waals surface area contributed by atoms with E-state index < -0.39 is 6.10 Å². The average molecular weight is 456 g/mol. The highest BCUT2D eigenvalue weighted by molar-refractivity contribution is 5.96. The van der Waals surface area contributed by atoms with Gasteiger partial charge in [0.2, 0.25) is 5.91 Å². The maximum Gasteiger partial charge on any atom is 0.227 e. The molecule has 1 saturated heterocycles. The number of amides is 1. The number of rotatable bonds is 7. The minimum Gasteiger partial charge on any atom is -0.491 e. The molecule has 174 valence electrons. The van der Waals surface area contributed by atoms with Crippen LogP contribution >= 0.6 is 0 Å². The number of aliphatic hydroxyl groups is 1. The first kappa shape index (κ1) is 22.2. The topological polar surface area (TPSA) is 67.6 Å². The van der Waals surface area contributed by atoms with Crippen molar-refractivity contribution >= 4 is 22.6 Å². The summed E-state index contributed by atoms with van der Waals surface area (Å²) >= 11 is 0. The van der Waals surface area contributed by atoms with Crippen molar-refractivity contribution in [3.05, 3.63) is 89.7 Å². The zero-order valence-electron chi connectivity index (χ0n) is 19.5. The van der Waals surface area contributed by atoms with Gasteiger partial charge in [-0.3, -0.25) is 4.79 Å². The van der Waals surface area contributed by atoms with Crippen LogP contribution in [0.4, 0.5) is 5.69 Å². The molecule has 2 heterocycles. The number of hydrogen-bond acceptors (Lipinski definition) is 4. The van der Waals surface area contributed by atoms with Crippen LogP contribution in [-0.4, -0.2) is 39.8 Å². The number of nitrogens with zero attached hydrogens (tertiary/aromatic N) is 3. The number of benzene rings is 3. The molecule has 5 rings (SSSR count). The first-order chi connectivity index (χ1) is 16.5. The van der Waals surface area contributed by atoms with Gasteiger partial charge in [0.25, 0.3) is 0 Å². The van der Waals surface area contributed by atoms with E-state index in [2.05, 4.69) is 11.5 Å². The number of hydrogen-bond donors (Lipinski definition) is 1. The fourth-order valence-electron chi connectivity index (χ4n) is 4.60. The molecule has 1 aliphatic heterocycles. The maximum absolute atomic E-state index is 12.8. The zero-order chi connectivity index (χ0) is 23.7. The van der Waals surface area contributed by atoms with Crippen LogP contribution in [0.5, 0.6) is 5.75 Å². The van der Waals surface area contributed by atoms with Crippen molar-refractivity contribution in [3.63, 3.8) is 0 Å². The number of aromatic nitrogens is 2. The largest absolute Gasteiger partial charge is 0.491 e. The van der Waals surface area contributed by atoms with E-state index in [0.29, 0.717) is 19.5 Å². The molecule has 4 aromatic rings. The summed E-state index contributed by atoms with van der Waals surface area (Å²) in [6.07, 6.45) is -0.326. The van der Waals surface area contributed by atoms with Gasteiger partial charge in [0.05, 0.1) is 17.6 Å². The predicted octanol–water partition coefficient (Wildman–Crippen LogP) is 4.61. The van der Waals surface area contributed by atoms with E-state index in [-0.39, 0.29) is 18.4 Å². The number of aryl methyl sites for hydroxylation is 2. The molecule has 1 aromatic heterocycles. The molecule has 2 atom stereocenters. The summed E-state index contributed by atoms with van der Waals surface area (Å²) in [5.74, 6) is 1.62. The van der Waals surface area contributed by atoms with Crippen molar-refractivity contribution in [2.75, 3.05) is 18.1 Å². The first-order valence-corrected chi connectivity index (χ1v) is 11.7. The third-order valence-corrected chi connectivity index (χ3v) is 6.56. The Labute approximate surface area is 199 Å². The predicted molar refractivity (Wildman–Crippen MR) is 133 cm³/mol. The lowest BCUT2D eigenvalue weighted by Gasteiger charge is -2.19. The van der Waals surface area contributed by atoms with Gasteiger partial charge in [-0.05, 0) is 61.4 Å². The minimum atomic E-state index is -0.722. The van der Waals surface area contributed by atoms with Crippen LogP contribution in [0.3, 0.4) is 0 Å². The van der Waals surface area contributed by atoms with Crippen LogP contribution in [0.15, 0.2) is 72.8 Å². The molecule has 1 aliphatic rings. The third kappa shape index (κ3) is 4.41. The Bertz CT molecular complexity index is 1320. The molecule has 34 heavy (non-hydrogen) atoms. The highest BCUT2D eigenvalue weighted by Crippen LogP contribution is 2.33. The Morgan fingerprint density at radius 2 is 1.79 bits per heavy atom. The number of fused-ring (bicyclic) bond motifs is 1. The van der Waals surface area contributed by atoms with E-state index in [9.17, 15) is 9.90 Å². The van der Waals surface area contributed by atoms with Gasteiger partial charge in [-0.2, -0.15) is 0 Å². The van der Waals surface area contributed by atoms with Crippen LogP contribution in [0.1, 0.15) is 29.3 Å². The van der Waals surface area contributed by atoms with Crippen molar-refractivity contribution in [1.82, 2.24) is 9.55 Å². The van der Waals surface area contributed by atoms with E-state index >= 15 is 0 Å². The van der Waals surface area contributed by atoms with Crippen molar-refractivity contribution in [1.29, 1.82) is 0 Å². The van der Waals surface area contributed by atoms with Crippen LogP contribution in [0.25, 0.3) is 11.0 Å². The van der Waals surface area contributed by atoms with Gasteiger partial charge < -0.3 is 19.3 Å². The molecule has 1 fully saturated rings. The van der Waals surface area contributed by atoms with E-state index in [1.165, 1.54) is 5.56 Å². The number of ether oxygens (including phenoxy) is 1. The summed E-state index contributed by atoms with van der Waals surface area (Å²) in [4.78, 5) is 19.5. The second-order valence-electron chi connectivity index (χ2n) is 9.02. The molecule has 0 radical (unpaired) electrons. The number of aliphatic hydroxyl groups excluding tert-OH is 1. The minimum absolute atomic E-state index is 0.0482. The number of para-hydroxylation sites is 3. The molecular formula is C28H29N3O3. The number of imidazole rings is 1. The normalized spacial score (nSPS) is 16.9. The summed E-state index contributed by atoms with van der Waals surface area (Å²) in [5.41, 5.74) is 5.08. The van der Waals surface area contributed by atoms with Crippen molar-refractivity contribution < 1.29 is 14.6 Å². The van der Waals surface area contributed by atoms with Crippen molar-refractivity contribution in [3.8, 4) is 5.75 Å².